The molecule has 0 aliphatic carbocycles. The largest absolute Gasteiger partial charge is 0.611 e. The van der Waals surface area contributed by atoms with Crippen molar-refractivity contribution >= 4 is 17.1 Å². The van der Waals surface area contributed by atoms with E-state index in [0.29, 0.717) is 10.6 Å². The molecule has 1 unspecified atom stereocenters. The molecule has 0 aliphatic rings. The summed E-state index contributed by atoms with van der Waals surface area (Å²) >= 11 is -1.15. The van der Waals surface area contributed by atoms with Crippen LogP contribution >= 0.6 is 0 Å². The lowest BCUT2D eigenvalue weighted by atomic mass is 10.2. The van der Waals surface area contributed by atoms with Crippen molar-refractivity contribution in [3.05, 3.63) is 65.7 Å². The van der Waals surface area contributed by atoms with E-state index in [4.69, 9.17) is 5.11 Å². The second-order valence-electron chi connectivity index (χ2n) is 3.80. The molecule has 1 atom stereocenters. The van der Waals surface area contributed by atoms with Gasteiger partial charge in [-0.3, -0.25) is 0 Å². The Labute approximate surface area is 108 Å². The molecule has 2 aromatic rings. The van der Waals surface area contributed by atoms with E-state index in [1.165, 1.54) is 12.1 Å². The van der Waals surface area contributed by atoms with Gasteiger partial charge >= 0.3 is 5.97 Å². The summed E-state index contributed by atoms with van der Waals surface area (Å²) in [6.07, 6.45) is 0. The van der Waals surface area contributed by atoms with E-state index in [-0.39, 0.29) is 5.56 Å². The first kappa shape index (κ1) is 12.7. The second-order valence-corrected chi connectivity index (χ2v) is 5.26. The lowest BCUT2D eigenvalue weighted by molar-refractivity contribution is 0.0697. The number of carboxylic acid groups (broad SMARTS) is 1. The number of carbonyl (C=O) groups is 1. The summed E-state index contributed by atoms with van der Waals surface area (Å²) in [5.74, 6) is -0.539. The number of hydrogen-bond donors (Lipinski definition) is 1. The Morgan fingerprint density at radius 1 is 1.06 bits per heavy atom. The van der Waals surface area contributed by atoms with Gasteiger partial charge in [0.15, 0.2) is 4.90 Å². The molecule has 0 aromatic heterocycles. The molecule has 0 amide bonds. The molecule has 0 aliphatic heterocycles. The molecule has 0 heterocycles. The van der Waals surface area contributed by atoms with E-state index < -0.39 is 17.1 Å². The average molecular weight is 260 g/mol. The standard InChI is InChI=1S/C14H12O3S/c15-14(16)12-6-8-13(9-7-12)18(17)10-11-4-2-1-3-5-11/h1-9H,10H2,(H,15,16). The quantitative estimate of drug-likeness (QED) is 0.860. The number of benzene rings is 2. The zero-order valence-corrected chi connectivity index (χ0v) is 10.4. The summed E-state index contributed by atoms with van der Waals surface area (Å²) < 4.78 is 12.1. The number of hydrogen-bond acceptors (Lipinski definition) is 2. The van der Waals surface area contributed by atoms with Gasteiger partial charge in [0.1, 0.15) is 5.75 Å². The van der Waals surface area contributed by atoms with Crippen LogP contribution in [0.1, 0.15) is 15.9 Å². The minimum absolute atomic E-state index is 0.204. The smallest absolute Gasteiger partial charge is 0.335 e. The van der Waals surface area contributed by atoms with Gasteiger partial charge in [-0.1, -0.05) is 30.3 Å². The monoisotopic (exact) mass is 260 g/mol. The molecule has 0 fully saturated rings. The van der Waals surface area contributed by atoms with E-state index in [1.807, 2.05) is 30.3 Å². The Kier molecular flexibility index (Phi) is 4.02. The molecule has 0 spiro atoms. The van der Waals surface area contributed by atoms with Gasteiger partial charge < -0.3 is 9.66 Å². The van der Waals surface area contributed by atoms with Crippen molar-refractivity contribution in [3.8, 4) is 0 Å². The van der Waals surface area contributed by atoms with Crippen molar-refractivity contribution in [2.24, 2.45) is 0 Å². The first-order valence-electron chi connectivity index (χ1n) is 5.42. The fraction of sp³-hybridized carbons (Fsp3) is 0.0714. The maximum absolute atomic E-state index is 12.1. The highest BCUT2D eigenvalue weighted by atomic mass is 32.2. The molecule has 2 aromatic carbocycles. The third kappa shape index (κ3) is 3.12. The Bertz CT molecular complexity index is 522. The summed E-state index contributed by atoms with van der Waals surface area (Å²) in [5, 5.41) is 8.77. The Morgan fingerprint density at radius 2 is 1.67 bits per heavy atom. The van der Waals surface area contributed by atoms with Gasteiger partial charge in [0.25, 0.3) is 0 Å². The number of aromatic carboxylic acids is 1. The normalized spacial score (nSPS) is 12.1. The van der Waals surface area contributed by atoms with E-state index in [2.05, 4.69) is 0 Å². The van der Waals surface area contributed by atoms with E-state index in [9.17, 15) is 9.35 Å². The van der Waals surface area contributed by atoms with Crippen molar-refractivity contribution in [1.82, 2.24) is 0 Å². The Morgan fingerprint density at radius 3 is 2.22 bits per heavy atom. The number of rotatable bonds is 4. The molecule has 1 N–H and O–H groups in total. The lowest BCUT2D eigenvalue weighted by Crippen LogP contribution is -2.05. The van der Waals surface area contributed by atoms with Gasteiger partial charge in [-0.05, 0) is 35.4 Å². The highest BCUT2D eigenvalue weighted by molar-refractivity contribution is 7.90. The van der Waals surface area contributed by atoms with Crippen LogP contribution < -0.4 is 0 Å². The molecule has 0 saturated carbocycles. The summed E-state index contributed by atoms with van der Waals surface area (Å²) in [7, 11) is 0. The van der Waals surface area contributed by atoms with Crippen LogP contribution in [0.25, 0.3) is 0 Å². The van der Waals surface area contributed by atoms with Gasteiger partial charge in [-0.15, -0.1) is 0 Å². The maximum Gasteiger partial charge on any atom is 0.335 e. The zero-order chi connectivity index (χ0) is 13.0. The molecular weight excluding hydrogens is 248 g/mol. The summed E-state index contributed by atoms with van der Waals surface area (Å²) in [6.45, 7) is 0. The third-order valence-electron chi connectivity index (χ3n) is 2.50. The topological polar surface area (TPSA) is 60.4 Å². The van der Waals surface area contributed by atoms with Crippen LogP contribution in [0, 0.1) is 0 Å². The first-order valence-corrected chi connectivity index (χ1v) is 6.74. The van der Waals surface area contributed by atoms with Gasteiger partial charge in [0.2, 0.25) is 0 Å². The zero-order valence-electron chi connectivity index (χ0n) is 9.58. The van der Waals surface area contributed by atoms with Gasteiger partial charge in [0.05, 0.1) is 5.56 Å². The van der Waals surface area contributed by atoms with Crippen LogP contribution in [0.5, 0.6) is 0 Å². The van der Waals surface area contributed by atoms with Crippen LogP contribution in [-0.2, 0) is 16.9 Å². The van der Waals surface area contributed by atoms with Crippen LogP contribution in [0.4, 0.5) is 0 Å². The third-order valence-corrected chi connectivity index (χ3v) is 3.90. The van der Waals surface area contributed by atoms with Crippen molar-refractivity contribution in [2.75, 3.05) is 0 Å². The van der Waals surface area contributed by atoms with Gasteiger partial charge in [0, 0.05) is 5.56 Å². The summed E-state index contributed by atoms with van der Waals surface area (Å²) in [5.41, 5.74) is 1.20. The SMILES string of the molecule is O=C(O)c1ccc([S+]([O-])Cc2ccccc2)cc1. The minimum Gasteiger partial charge on any atom is -0.611 e. The average Bonchev–Trinajstić information content (AvgIpc) is 2.40. The van der Waals surface area contributed by atoms with Crippen molar-refractivity contribution in [3.63, 3.8) is 0 Å². The summed E-state index contributed by atoms with van der Waals surface area (Å²) in [4.78, 5) is 11.3. The first-order chi connectivity index (χ1) is 8.66. The maximum atomic E-state index is 12.1. The van der Waals surface area contributed by atoms with Crippen molar-refractivity contribution < 1.29 is 14.5 Å². The highest BCUT2D eigenvalue weighted by Crippen LogP contribution is 2.17. The highest BCUT2D eigenvalue weighted by Gasteiger charge is 2.12. The van der Waals surface area contributed by atoms with E-state index in [0.717, 1.165) is 5.56 Å². The van der Waals surface area contributed by atoms with Gasteiger partial charge in [-0.2, -0.15) is 0 Å². The fourth-order valence-corrected chi connectivity index (χ4v) is 2.66. The molecule has 4 heteroatoms. The minimum atomic E-state index is -1.15. The van der Waals surface area contributed by atoms with E-state index in [1.54, 1.807) is 12.1 Å². The van der Waals surface area contributed by atoms with Crippen LogP contribution in [0.3, 0.4) is 0 Å². The van der Waals surface area contributed by atoms with Crippen LogP contribution in [0.2, 0.25) is 0 Å². The molecule has 0 bridgehead atoms. The fourth-order valence-electron chi connectivity index (χ4n) is 1.56. The van der Waals surface area contributed by atoms with Crippen LogP contribution in [0.15, 0.2) is 59.5 Å². The molecule has 18 heavy (non-hydrogen) atoms. The number of carboxylic acids is 1. The Balaban J connectivity index is 2.09. The lowest BCUT2D eigenvalue weighted by Gasteiger charge is -2.10. The predicted octanol–water partition coefficient (Wildman–Crippen LogP) is 2.69. The molecule has 0 saturated heterocycles. The summed E-state index contributed by atoms with van der Waals surface area (Å²) in [6, 6.07) is 15.7. The Hall–Kier alpha value is -1.78. The van der Waals surface area contributed by atoms with E-state index >= 15 is 0 Å². The molecule has 2 rings (SSSR count). The van der Waals surface area contributed by atoms with Crippen LogP contribution in [-0.4, -0.2) is 15.6 Å². The molecule has 92 valence electrons. The molecule has 0 radical (unpaired) electrons. The second kappa shape index (κ2) is 5.71. The van der Waals surface area contributed by atoms with Crippen molar-refractivity contribution in [2.45, 2.75) is 10.6 Å². The molecular formula is C14H12O3S. The van der Waals surface area contributed by atoms with Crippen molar-refractivity contribution in [1.29, 1.82) is 0 Å². The predicted molar refractivity (Wildman–Crippen MR) is 70.0 cm³/mol. The molecule has 3 nitrogen and oxygen atoms in total. The van der Waals surface area contributed by atoms with Gasteiger partial charge in [-0.25, -0.2) is 4.79 Å².